The van der Waals surface area contributed by atoms with Gasteiger partial charge in [-0.2, -0.15) is 0 Å². The minimum absolute atomic E-state index is 0.227. The number of nitrogens with one attached hydrogen (secondary N) is 1. The summed E-state index contributed by atoms with van der Waals surface area (Å²) >= 11 is 0. The number of anilines is 1. The van der Waals surface area contributed by atoms with Gasteiger partial charge in [-0.1, -0.05) is 0 Å². The maximum atomic E-state index is 11.5. The highest BCUT2D eigenvalue weighted by Gasteiger charge is 2.26. The molecule has 0 radical (unpaired) electrons. The SMILES string of the molecule is COCCCNc1nc(C)cn1C1CCS(=O)(=O)CC1. The number of aromatic nitrogens is 2. The average molecular weight is 301 g/mol. The first kappa shape index (κ1) is 15.3. The Morgan fingerprint density at radius 3 is 2.80 bits per heavy atom. The van der Waals surface area contributed by atoms with Gasteiger partial charge >= 0.3 is 0 Å². The molecule has 2 heterocycles. The van der Waals surface area contributed by atoms with Gasteiger partial charge in [-0.25, -0.2) is 13.4 Å². The third kappa shape index (κ3) is 3.96. The normalized spacial score (nSPS) is 19.1. The lowest BCUT2D eigenvalue weighted by molar-refractivity contribution is 0.197. The Hall–Kier alpha value is -1.08. The lowest BCUT2D eigenvalue weighted by Crippen LogP contribution is -2.26. The zero-order chi connectivity index (χ0) is 14.6. The second kappa shape index (κ2) is 6.58. The van der Waals surface area contributed by atoms with Crippen molar-refractivity contribution in [2.45, 2.75) is 32.2 Å². The molecule has 2 rings (SSSR count). The number of aryl methyl sites for hydroxylation is 1. The fourth-order valence-electron chi connectivity index (χ4n) is 2.50. The van der Waals surface area contributed by atoms with Gasteiger partial charge in [0, 0.05) is 32.5 Å². The second-order valence-electron chi connectivity index (χ2n) is 5.27. The third-order valence-electron chi connectivity index (χ3n) is 3.58. The molecule has 0 aromatic carbocycles. The predicted octanol–water partition coefficient (Wildman–Crippen LogP) is 1.39. The molecule has 114 valence electrons. The zero-order valence-electron chi connectivity index (χ0n) is 12.1. The summed E-state index contributed by atoms with van der Waals surface area (Å²) in [4.78, 5) is 4.48. The molecule has 1 N–H and O–H groups in total. The number of imidazole rings is 1. The van der Waals surface area contributed by atoms with Gasteiger partial charge in [0.2, 0.25) is 5.95 Å². The van der Waals surface area contributed by atoms with E-state index >= 15 is 0 Å². The molecule has 1 aliphatic rings. The van der Waals surface area contributed by atoms with Crippen molar-refractivity contribution < 1.29 is 13.2 Å². The van der Waals surface area contributed by atoms with Crippen molar-refractivity contribution in [3.05, 3.63) is 11.9 Å². The van der Waals surface area contributed by atoms with Crippen molar-refractivity contribution in [3.63, 3.8) is 0 Å². The highest BCUT2D eigenvalue weighted by molar-refractivity contribution is 7.91. The van der Waals surface area contributed by atoms with E-state index in [-0.39, 0.29) is 17.5 Å². The van der Waals surface area contributed by atoms with Crippen LogP contribution in [0, 0.1) is 6.92 Å². The summed E-state index contributed by atoms with van der Waals surface area (Å²) in [5.74, 6) is 1.39. The van der Waals surface area contributed by atoms with Crippen molar-refractivity contribution in [3.8, 4) is 0 Å². The summed E-state index contributed by atoms with van der Waals surface area (Å²) in [6.45, 7) is 3.47. The Balaban J connectivity index is 2.00. The first-order chi connectivity index (χ1) is 9.52. The molecule has 1 saturated heterocycles. The Morgan fingerprint density at radius 2 is 2.15 bits per heavy atom. The molecule has 0 amide bonds. The van der Waals surface area contributed by atoms with Gasteiger partial charge in [0.15, 0.2) is 0 Å². The van der Waals surface area contributed by atoms with Crippen LogP contribution in [0.15, 0.2) is 6.20 Å². The zero-order valence-corrected chi connectivity index (χ0v) is 12.9. The van der Waals surface area contributed by atoms with Crippen LogP contribution in [0.4, 0.5) is 5.95 Å². The molecule has 1 aromatic heterocycles. The van der Waals surface area contributed by atoms with E-state index in [2.05, 4.69) is 14.9 Å². The van der Waals surface area contributed by atoms with Gasteiger partial charge in [-0.15, -0.1) is 0 Å². The molecular weight excluding hydrogens is 278 g/mol. The largest absolute Gasteiger partial charge is 0.385 e. The minimum atomic E-state index is -2.82. The number of methoxy groups -OCH3 is 1. The van der Waals surface area contributed by atoms with E-state index in [1.165, 1.54) is 0 Å². The highest BCUT2D eigenvalue weighted by atomic mass is 32.2. The van der Waals surface area contributed by atoms with Crippen molar-refractivity contribution in [2.75, 3.05) is 37.1 Å². The molecule has 1 aliphatic heterocycles. The lowest BCUT2D eigenvalue weighted by atomic mass is 10.1. The Labute approximate surface area is 120 Å². The van der Waals surface area contributed by atoms with Gasteiger partial charge in [0.25, 0.3) is 0 Å². The van der Waals surface area contributed by atoms with Crippen LogP contribution in [0.25, 0.3) is 0 Å². The summed E-state index contributed by atoms with van der Waals surface area (Å²) in [5.41, 5.74) is 0.952. The Bertz CT molecular complexity index is 525. The molecule has 1 fully saturated rings. The topological polar surface area (TPSA) is 73.2 Å². The standard InChI is InChI=1S/C13H23N3O3S/c1-11-10-16(12-4-8-20(17,18)9-5-12)13(15-11)14-6-3-7-19-2/h10,12H,3-9H2,1-2H3,(H,14,15). The van der Waals surface area contributed by atoms with Gasteiger partial charge in [0.1, 0.15) is 9.84 Å². The Morgan fingerprint density at radius 1 is 1.45 bits per heavy atom. The molecule has 0 spiro atoms. The molecule has 6 nitrogen and oxygen atoms in total. The monoisotopic (exact) mass is 301 g/mol. The molecule has 0 bridgehead atoms. The summed E-state index contributed by atoms with van der Waals surface area (Å²) < 4.78 is 30.1. The van der Waals surface area contributed by atoms with E-state index < -0.39 is 9.84 Å². The third-order valence-corrected chi connectivity index (χ3v) is 5.29. The molecule has 0 atom stereocenters. The smallest absolute Gasteiger partial charge is 0.203 e. The lowest BCUT2D eigenvalue weighted by Gasteiger charge is -2.24. The van der Waals surface area contributed by atoms with Gasteiger partial charge in [-0.05, 0) is 26.2 Å². The second-order valence-corrected chi connectivity index (χ2v) is 7.57. The van der Waals surface area contributed by atoms with E-state index in [1.54, 1.807) is 7.11 Å². The van der Waals surface area contributed by atoms with E-state index in [4.69, 9.17) is 4.74 Å². The number of ether oxygens (including phenoxy) is 1. The van der Waals surface area contributed by atoms with E-state index in [9.17, 15) is 8.42 Å². The van der Waals surface area contributed by atoms with Crippen LogP contribution in [-0.2, 0) is 14.6 Å². The van der Waals surface area contributed by atoms with Crippen molar-refractivity contribution >= 4 is 15.8 Å². The molecule has 7 heteroatoms. The minimum Gasteiger partial charge on any atom is -0.385 e. The fraction of sp³-hybridized carbons (Fsp3) is 0.769. The van der Waals surface area contributed by atoms with E-state index in [1.807, 2.05) is 13.1 Å². The van der Waals surface area contributed by atoms with Crippen LogP contribution < -0.4 is 5.32 Å². The average Bonchev–Trinajstić information content (AvgIpc) is 2.76. The Kier molecular flexibility index (Phi) is 5.04. The van der Waals surface area contributed by atoms with Crippen LogP contribution in [-0.4, -0.2) is 49.7 Å². The van der Waals surface area contributed by atoms with Gasteiger partial charge in [-0.3, -0.25) is 0 Å². The van der Waals surface area contributed by atoms with Crippen molar-refractivity contribution in [2.24, 2.45) is 0 Å². The molecule has 0 saturated carbocycles. The van der Waals surface area contributed by atoms with Crippen LogP contribution in [0.3, 0.4) is 0 Å². The van der Waals surface area contributed by atoms with Crippen molar-refractivity contribution in [1.29, 1.82) is 0 Å². The maximum Gasteiger partial charge on any atom is 0.203 e. The first-order valence-corrected chi connectivity index (χ1v) is 8.82. The van der Waals surface area contributed by atoms with Crippen LogP contribution in [0.1, 0.15) is 31.0 Å². The number of hydrogen-bond donors (Lipinski definition) is 1. The molecule has 0 aliphatic carbocycles. The van der Waals surface area contributed by atoms with Gasteiger partial charge < -0.3 is 14.6 Å². The number of hydrogen-bond acceptors (Lipinski definition) is 5. The number of rotatable bonds is 6. The van der Waals surface area contributed by atoms with E-state index in [0.29, 0.717) is 19.4 Å². The van der Waals surface area contributed by atoms with Crippen LogP contribution in [0.2, 0.25) is 0 Å². The molecular formula is C13H23N3O3S. The van der Waals surface area contributed by atoms with Crippen LogP contribution >= 0.6 is 0 Å². The summed E-state index contributed by atoms with van der Waals surface area (Å²) in [6, 6.07) is 0.227. The summed E-state index contributed by atoms with van der Waals surface area (Å²) in [6.07, 6.45) is 4.26. The number of sulfone groups is 1. The quantitative estimate of drug-likeness (QED) is 0.804. The van der Waals surface area contributed by atoms with Crippen LogP contribution in [0.5, 0.6) is 0 Å². The molecule has 20 heavy (non-hydrogen) atoms. The summed E-state index contributed by atoms with van der Waals surface area (Å²) in [5, 5.41) is 3.31. The molecule has 1 aromatic rings. The highest BCUT2D eigenvalue weighted by Crippen LogP contribution is 2.27. The van der Waals surface area contributed by atoms with Gasteiger partial charge in [0.05, 0.1) is 17.2 Å². The van der Waals surface area contributed by atoms with Crippen molar-refractivity contribution in [1.82, 2.24) is 9.55 Å². The van der Waals surface area contributed by atoms with E-state index in [0.717, 1.165) is 24.6 Å². The molecule has 0 unspecified atom stereocenters. The fourth-order valence-corrected chi connectivity index (χ4v) is 3.96. The maximum absolute atomic E-state index is 11.5. The summed E-state index contributed by atoms with van der Waals surface area (Å²) in [7, 11) is -1.14. The first-order valence-electron chi connectivity index (χ1n) is 7.00. The predicted molar refractivity (Wildman–Crippen MR) is 78.9 cm³/mol. The number of nitrogens with zero attached hydrogens (tertiary/aromatic N) is 2.